The summed E-state index contributed by atoms with van der Waals surface area (Å²) >= 11 is 3.45. The molecule has 40 heavy (non-hydrogen) atoms. The Balaban J connectivity index is 1.29. The summed E-state index contributed by atoms with van der Waals surface area (Å²) in [6.45, 7) is 0.662. The van der Waals surface area contributed by atoms with Gasteiger partial charge in [-0.3, -0.25) is 24.2 Å². The first kappa shape index (κ1) is 26.0. The van der Waals surface area contributed by atoms with Crippen molar-refractivity contribution in [1.29, 1.82) is 0 Å². The summed E-state index contributed by atoms with van der Waals surface area (Å²) in [5.41, 5.74) is 4.04. The Kier molecular flexibility index (Phi) is 6.73. The standard InChI is InChI=1S/C30H25BrN4O5/c1-40-30(39)27-26(22-14-18(31)10-11-23(22)32-27)33-25(36)16-34-13-12-17-6-2-3-7-19(17)24(34)15-35-28(37)20-8-4-5-9-21(20)29(35)38/h2-11,14,24,32H,12-13,15-16H2,1H3,(H,33,36)/t24-/m0/s1. The van der Waals surface area contributed by atoms with E-state index in [9.17, 15) is 19.2 Å². The van der Waals surface area contributed by atoms with E-state index in [1.54, 1.807) is 30.3 Å². The van der Waals surface area contributed by atoms with Gasteiger partial charge < -0.3 is 15.0 Å². The second-order valence-corrected chi connectivity index (χ2v) is 10.7. The molecule has 0 bridgehead atoms. The minimum Gasteiger partial charge on any atom is -0.464 e. The molecule has 0 saturated heterocycles. The average Bonchev–Trinajstić information content (AvgIpc) is 3.43. The third-order valence-electron chi connectivity index (χ3n) is 7.52. The maximum absolute atomic E-state index is 13.5. The van der Waals surface area contributed by atoms with Crippen LogP contribution in [0.2, 0.25) is 0 Å². The summed E-state index contributed by atoms with van der Waals surface area (Å²) < 4.78 is 5.72. The molecule has 0 saturated carbocycles. The number of benzene rings is 3. The van der Waals surface area contributed by atoms with Crippen molar-refractivity contribution in [2.45, 2.75) is 12.5 Å². The number of hydrogen-bond acceptors (Lipinski definition) is 6. The van der Waals surface area contributed by atoms with Crippen LogP contribution < -0.4 is 5.32 Å². The lowest BCUT2D eigenvalue weighted by Crippen LogP contribution is -2.46. The van der Waals surface area contributed by atoms with E-state index in [-0.39, 0.29) is 42.5 Å². The smallest absolute Gasteiger partial charge is 0.356 e. The largest absolute Gasteiger partial charge is 0.464 e. The second-order valence-electron chi connectivity index (χ2n) is 9.81. The lowest BCUT2D eigenvalue weighted by atomic mass is 9.92. The summed E-state index contributed by atoms with van der Waals surface area (Å²) in [6.07, 6.45) is 0.718. The number of H-pyrrole nitrogens is 1. The number of amides is 3. The van der Waals surface area contributed by atoms with E-state index >= 15 is 0 Å². The Labute approximate surface area is 238 Å². The van der Waals surface area contributed by atoms with E-state index in [4.69, 9.17) is 4.74 Å². The number of rotatable bonds is 6. The van der Waals surface area contributed by atoms with Crippen molar-refractivity contribution in [3.05, 3.63) is 99.2 Å². The van der Waals surface area contributed by atoms with Crippen molar-refractivity contribution in [3.63, 3.8) is 0 Å². The summed E-state index contributed by atoms with van der Waals surface area (Å²) in [4.78, 5) is 58.6. The normalized spacial score (nSPS) is 16.6. The molecule has 1 atom stereocenters. The van der Waals surface area contributed by atoms with Gasteiger partial charge in [0, 0.05) is 28.5 Å². The molecule has 4 aromatic rings. The minimum atomic E-state index is -0.599. The Hall–Kier alpha value is -4.28. The van der Waals surface area contributed by atoms with Gasteiger partial charge in [-0.25, -0.2) is 4.79 Å². The molecule has 0 fully saturated rings. The molecule has 0 radical (unpaired) electrons. The monoisotopic (exact) mass is 600 g/mol. The lowest BCUT2D eigenvalue weighted by Gasteiger charge is -2.38. The highest BCUT2D eigenvalue weighted by Gasteiger charge is 2.39. The van der Waals surface area contributed by atoms with Gasteiger partial charge in [-0.05, 0) is 47.9 Å². The SMILES string of the molecule is COC(=O)c1[nH]c2ccc(Br)cc2c1NC(=O)CN1CCc2ccccc2[C@@H]1CN1C(=O)c2ccccc2C1=O. The fourth-order valence-corrected chi connectivity index (χ4v) is 5.96. The minimum absolute atomic E-state index is 0.0105. The van der Waals surface area contributed by atoms with Gasteiger partial charge >= 0.3 is 5.97 Å². The number of carbonyl (C=O) groups excluding carboxylic acids is 4. The number of ether oxygens (including phenoxy) is 1. The van der Waals surface area contributed by atoms with E-state index in [0.717, 1.165) is 22.0 Å². The molecule has 2 N–H and O–H groups in total. The summed E-state index contributed by atoms with van der Waals surface area (Å²) in [7, 11) is 1.28. The first-order valence-corrected chi connectivity index (χ1v) is 13.6. The molecular formula is C30H25BrN4O5. The zero-order valence-electron chi connectivity index (χ0n) is 21.6. The van der Waals surface area contributed by atoms with Gasteiger partial charge in [0.2, 0.25) is 5.91 Å². The van der Waals surface area contributed by atoms with Gasteiger partial charge in [-0.15, -0.1) is 0 Å². The third kappa shape index (κ3) is 4.48. The van der Waals surface area contributed by atoms with Gasteiger partial charge in [0.1, 0.15) is 5.69 Å². The van der Waals surface area contributed by atoms with Gasteiger partial charge in [0.15, 0.2) is 0 Å². The zero-order chi connectivity index (χ0) is 28.0. The van der Waals surface area contributed by atoms with E-state index < -0.39 is 5.97 Å². The van der Waals surface area contributed by atoms with Crippen LogP contribution in [-0.2, 0) is 16.0 Å². The van der Waals surface area contributed by atoms with Crippen molar-refractivity contribution in [3.8, 4) is 0 Å². The van der Waals surface area contributed by atoms with Crippen molar-refractivity contribution in [2.75, 3.05) is 32.1 Å². The van der Waals surface area contributed by atoms with Crippen molar-refractivity contribution in [2.24, 2.45) is 0 Å². The van der Waals surface area contributed by atoms with E-state index in [2.05, 4.69) is 26.2 Å². The van der Waals surface area contributed by atoms with Crippen LogP contribution >= 0.6 is 15.9 Å². The van der Waals surface area contributed by atoms with Gasteiger partial charge in [0.05, 0.1) is 36.5 Å². The topological polar surface area (TPSA) is 112 Å². The van der Waals surface area contributed by atoms with Gasteiger partial charge in [0.25, 0.3) is 11.8 Å². The number of nitrogens with one attached hydrogen (secondary N) is 2. The number of aromatic amines is 1. The van der Waals surface area contributed by atoms with Crippen molar-refractivity contribution < 1.29 is 23.9 Å². The fourth-order valence-electron chi connectivity index (χ4n) is 5.60. The lowest BCUT2D eigenvalue weighted by molar-refractivity contribution is -0.118. The number of aromatic nitrogens is 1. The Morgan fingerprint density at radius 3 is 2.45 bits per heavy atom. The first-order chi connectivity index (χ1) is 19.4. The van der Waals surface area contributed by atoms with Crippen LogP contribution in [0.5, 0.6) is 0 Å². The number of nitrogens with zero attached hydrogens (tertiary/aromatic N) is 2. The zero-order valence-corrected chi connectivity index (χ0v) is 23.2. The van der Waals surface area contributed by atoms with E-state index in [1.165, 1.54) is 12.0 Å². The van der Waals surface area contributed by atoms with Crippen LogP contribution in [-0.4, -0.2) is 65.2 Å². The summed E-state index contributed by atoms with van der Waals surface area (Å²) in [6, 6.07) is 19.8. The summed E-state index contributed by atoms with van der Waals surface area (Å²) in [5, 5.41) is 3.57. The molecule has 3 heterocycles. The second kappa shape index (κ2) is 10.4. The molecule has 2 aliphatic rings. The average molecular weight is 601 g/mol. The maximum Gasteiger partial charge on any atom is 0.356 e. The number of fused-ring (bicyclic) bond motifs is 3. The number of methoxy groups -OCH3 is 1. The first-order valence-electron chi connectivity index (χ1n) is 12.8. The Bertz CT molecular complexity index is 1660. The number of anilines is 1. The molecule has 3 aromatic carbocycles. The van der Waals surface area contributed by atoms with Crippen LogP contribution in [0.25, 0.3) is 10.9 Å². The predicted molar refractivity (Wildman–Crippen MR) is 152 cm³/mol. The molecule has 1 aromatic heterocycles. The molecule has 3 amide bonds. The Morgan fingerprint density at radius 2 is 1.73 bits per heavy atom. The van der Waals surface area contributed by atoms with Crippen molar-refractivity contribution in [1.82, 2.24) is 14.8 Å². The molecule has 0 spiro atoms. The molecule has 202 valence electrons. The molecular weight excluding hydrogens is 576 g/mol. The number of esters is 1. The highest BCUT2D eigenvalue weighted by molar-refractivity contribution is 9.10. The highest BCUT2D eigenvalue weighted by atomic mass is 79.9. The fraction of sp³-hybridized carbons (Fsp3) is 0.200. The molecule has 2 aliphatic heterocycles. The van der Waals surface area contributed by atoms with Crippen LogP contribution in [0, 0.1) is 0 Å². The highest BCUT2D eigenvalue weighted by Crippen LogP contribution is 2.34. The van der Waals surface area contributed by atoms with Crippen LogP contribution in [0.1, 0.15) is 48.4 Å². The Morgan fingerprint density at radius 1 is 1.02 bits per heavy atom. The molecule has 0 aliphatic carbocycles. The summed E-state index contributed by atoms with van der Waals surface area (Å²) in [5.74, 6) is -1.60. The van der Waals surface area contributed by atoms with Gasteiger partial charge in [-0.2, -0.15) is 0 Å². The van der Waals surface area contributed by atoms with E-state index in [1.807, 2.05) is 41.3 Å². The number of halogens is 1. The van der Waals surface area contributed by atoms with Crippen LogP contribution in [0.15, 0.2) is 71.2 Å². The van der Waals surface area contributed by atoms with Gasteiger partial charge in [-0.1, -0.05) is 52.3 Å². The predicted octanol–water partition coefficient (Wildman–Crippen LogP) is 4.55. The quantitative estimate of drug-likeness (QED) is 0.248. The molecule has 0 unspecified atom stereocenters. The van der Waals surface area contributed by atoms with Crippen molar-refractivity contribution >= 4 is 56.2 Å². The third-order valence-corrected chi connectivity index (χ3v) is 8.01. The number of carbonyl (C=O) groups is 4. The molecule has 9 nitrogen and oxygen atoms in total. The molecule has 6 rings (SSSR count). The van der Waals surface area contributed by atoms with Crippen LogP contribution in [0.3, 0.4) is 0 Å². The van der Waals surface area contributed by atoms with E-state index in [0.29, 0.717) is 34.3 Å². The molecule has 10 heteroatoms. The number of imide groups is 1. The maximum atomic E-state index is 13.5. The van der Waals surface area contributed by atoms with Crippen LogP contribution in [0.4, 0.5) is 5.69 Å². The number of hydrogen-bond donors (Lipinski definition) is 2.